The number of esters is 4. The molecule has 5 atom stereocenters. The number of aliphatic hydroxyl groups is 1. The Morgan fingerprint density at radius 2 is 0.593 bits per heavy atom. The largest absolute Gasteiger partial charge is 0.472 e. The van der Waals surface area contributed by atoms with Crippen molar-refractivity contribution in [3.63, 3.8) is 0 Å². The maximum atomic E-state index is 13.0. The van der Waals surface area contributed by atoms with Crippen molar-refractivity contribution in [2.24, 2.45) is 5.92 Å². The third kappa shape index (κ3) is 66.0. The molecule has 0 amide bonds. The Hall–Kier alpha value is -2.46. The van der Waals surface area contributed by atoms with Crippen molar-refractivity contribution >= 4 is 39.5 Å². The SMILES string of the molecule is CCCCCC/C=C\C=C/CCCCCCCC(=O)OC[C@H](COP(=O)(O)OC[C@@H](O)COP(=O)(O)OC[C@@H](COC(=O)CCCCCCCCCCCC)OC(=O)CCCCCCCCCC(C)C)OC(=O)CCCCCCCCCCCCCCCCCC. The van der Waals surface area contributed by atoms with E-state index in [1.165, 1.54) is 154 Å². The van der Waals surface area contributed by atoms with Crippen LogP contribution < -0.4 is 0 Å². The zero-order valence-corrected chi connectivity index (χ0v) is 60.3. The predicted octanol–water partition coefficient (Wildman–Crippen LogP) is 20.5. The zero-order chi connectivity index (χ0) is 67.0. The highest BCUT2D eigenvalue weighted by molar-refractivity contribution is 7.47. The monoisotopic (exact) mass is 1330 g/mol. The number of carbonyl (C=O) groups excluding carboxylic acids is 4. The van der Waals surface area contributed by atoms with E-state index in [0.29, 0.717) is 31.6 Å². The van der Waals surface area contributed by atoms with Gasteiger partial charge in [-0.2, -0.15) is 0 Å². The van der Waals surface area contributed by atoms with Crippen LogP contribution in [-0.2, 0) is 65.4 Å². The van der Waals surface area contributed by atoms with Crippen molar-refractivity contribution in [2.75, 3.05) is 39.6 Å². The highest BCUT2D eigenvalue weighted by Crippen LogP contribution is 2.45. The van der Waals surface area contributed by atoms with Crippen LogP contribution in [0.5, 0.6) is 0 Å². The standard InChI is InChI=1S/C72H136O17P2/c1-6-9-12-15-18-21-24-26-28-30-32-34-37-42-47-52-57-71(76)88-67(61-83-70(75)56-51-46-41-36-33-31-29-27-25-22-19-16-13-10-7-2)63-86-90(78,79)84-59-66(73)60-85-91(80,81)87-64-68(89-72(77)58-53-48-43-38-39-44-49-54-65(4)5)62-82-69(74)55-50-45-40-35-23-20-17-14-11-8-3/h22,25,27,29,65-68,73H,6-21,23-24,26,28,30-64H2,1-5H3,(H,78,79)(H,80,81)/b25-22-,29-27-/t66-,67-,68-/m1/s1. The Morgan fingerprint density at radius 3 is 0.901 bits per heavy atom. The third-order valence-electron chi connectivity index (χ3n) is 16.2. The fourth-order valence-electron chi connectivity index (χ4n) is 10.5. The summed E-state index contributed by atoms with van der Waals surface area (Å²) in [5.74, 6) is -1.46. The van der Waals surface area contributed by atoms with E-state index in [-0.39, 0.29) is 25.7 Å². The summed E-state index contributed by atoms with van der Waals surface area (Å²) in [4.78, 5) is 72.5. The molecule has 0 aromatic rings. The summed E-state index contributed by atoms with van der Waals surface area (Å²) >= 11 is 0. The molecule has 0 rings (SSSR count). The van der Waals surface area contributed by atoms with Crippen molar-refractivity contribution < 1.29 is 80.2 Å². The molecule has 91 heavy (non-hydrogen) atoms. The summed E-state index contributed by atoms with van der Waals surface area (Å²) in [5, 5.41) is 10.6. The van der Waals surface area contributed by atoms with Crippen LogP contribution in [0, 0.1) is 5.92 Å². The van der Waals surface area contributed by atoms with Gasteiger partial charge in [0.1, 0.15) is 19.3 Å². The van der Waals surface area contributed by atoms with Crippen LogP contribution in [-0.4, -0.2) is 96.7 Å². The van der Waals surface area contributed by atoms with Gasteiger partial charge in [0.25, 0.3) is 0 Å². The van der Waals surface area contributed by atoms with E-state index in [9.17, 15) is 43.2 Å². The second-order valence-corrected chi connectivity index (χ2v) is 28.7. The Kier molecular flexibility index (Phi) is 63.1. The number of hydrogen-bond donors (Lipinski definition) is 3. The Morgan fingerprint density at radius 1 is 0.341 bits per heavy atom. The number of phosphoric ester groups is 2. The molecule has 0 saturated carbocycles. The number of hydrogen-bond acceptors (Lipinski definition) is 15. The lowest BCUT2D eigenvalue weighted by atomic mass is 10.0. The van der Waals surface area contributed by atoms with E-state index >= 15 is 0 Å². The number of rotatable bonds is 70. The van der Waals surface area contributed by atoms with Gasteiger partial charge in [-0.3, -0.25) is 37.3 Å². The van der Waals surface area contributed by atoms with E-state index in [1.807, 2.05) is 0 Å². The van der Waals surface area contributed by atoms with Crippen molar-refractivity contribution in [1.29, 1.82) is 0 Å². The molecule has 0 aromatic carbocycles. The molecular formula is C72H136O17P2. The zero-order valence-electron chi connectivity index (χ0n) is 58.5. The third-order valence-corrected chi connectivity index (χ3v) is 18.1. The molecule has 19 heteroatoms. The van der Waals surface area contributed by atoms with Crippen LogP contribution in [0.15, 0.2) is 24.3 Å². The Balaban J connectivity index is 5.27. The maximum Gasteiger partial charge on any atom is 0.472 e. The molecule has 0 bridgehead atoms. The van der Waals surface area contributed by atoms with Crippen molar-refractivity contribution in [2.45, 2.75) is 368 Å². The number of allylic oxidation sites excluding steroid dienone is 4. The van der Waals surface area contributed by atoms with Gasteiger partial charge in [0.05, 0.1) is 26.4 Å². The summed E-state index contributed by atoms with van der Waals surface area (Å²) in [6, 6.07) is 0. The first kappa shape index (κ1) is 88.5. The van der Waals surface area contributed by atoms with Crippen LogP contribution in [0.25, 0.3) is 0 Å². The summed E-state index contributed by atoms with van der Waals surface area (Å²) in [7, 11) is -9.91. The van der Waals surface area contributed by atoms with Gasteiger partial charge < -0.3 is 33.8 Å². The van der Waals surface area contributed by atoms with Gasteiger partial charge in [0.15, 0.2) is 12.2 Å². The molecule has 0 heterocycles. The molecule has 536 valence electrons. The van der Waals surface area contributed by atoms with Crippen LogP contribution in [0.4, 0.5) is 0 Å². The quantitative estimate of drug-likeness (QED) is 0.0169. The smallest absolute Gasteiger partial charge is 0.462 e. The fourth-order valence-corrected chi connectivity index (χ4v) is 12.0. The van der Waals surface area contributed by atoms with Gasteiger partial charge in [0.2, 0.25) is 0 Å². The number of phosphoric acid groups is 2. The molecule has 17 nitrogen and oxygen atoms in total. The topological polar surface area (TPSA) is 237 Å². The van der Waals surface area contributed by atoms with Crippen molar-refractivity contribution in [1.82, 2.24) is 0 Å². The predicted molar refractivity (Wildman–Crippen MR) is 368 cm³/mol. The highest BCUT2D eigenvalue weighted by Gasteiger charge is 2.30. The second-order valence-electron chi connectivity index (χ2n) is 25.8. The molecule has 0 radical (unpaired) electrons. The van der Waals surface area contributed by atoms with E-state index in [0.717, 1.165) is 109 Å². The molecule has 0 aliphatic carbocycles. The number of aliphatic hydroxyl groups excluding tert-OH is 1. The second kappa shape index (κ2) is 64.9. The van der Waals surface area contributed by atoms with Crippen LogP contribution >= 0.6 is 15.6 Å². The van der Waals surface area contributed by atoms with Crippen molar-refractivity contribution in [3.8, 4) is 0 Å². The number of carbonyl (C=O) groups is 4. The first-order chi connectivity index (χ1) is 44.0. The molecule has 3 N–H and O–H groups in total. The lowest BCUT2D eigenvalue weighted by Gasteiger charge is -2.21. The Labute approximate surface area is 554 Å². The lowest BCUT2D eigenvalue weighted by Crippen LogP contribution is -2.30. The Bertz CT molecular complexity index is 1850. The van der Waals surface area contributed by atoms with Gasteiger partial charge >= 0.3 is 39.5 Å². The summed E-state index contributed by atoms with van der Waals surface area (Å²) in [6.07, 6.45) is 55.0. The summed E-state index contributed by atoms with van der Waals surface area (Å²) < 4.78 is 68.3. The summed E-state index contributed by atoms with van der Waals surface area (Å²) in [5.41, 5.74) is 0. The molecule has 2 unspecified atom stereocenters. The average molecular weight is 1340 g/mol. The van der Waals surface area contributed by atoms with Crippen LogP contribution in [0.1, 0.15) is 349 Å². The van der Waals surface area contributed by atoms with E-state index in [1.54, 1.807) is 0 Å². The molecule has 0 fully saturated rings. The number of ether oxygens (including phenoxy) is 4. The van der Waals surface area contributed by atoms with Crippen LogP contribution in [0.2, 0.25) is 0 Å². The first-order valence-corrected chi connectivity index (χ1v) is 39.9. The molecule has 0 aliphatic heterocycles. The van der Waals surface area contributed by atoms with Gasteiger partial charge in [-0.15, -0.1) is 0 Å². The van der Waals surface area contributed by atoms with Crippen molar-refractivity contribution in [3.05, 3.63) is 24.3 Å². The lowest BCUT2D eigenvalue weighted by molar-refractivity contribution is -0.161. The maximum absolute atomic E-state index is 13.0. The van der Waals surface area contributed by atoms with E-state index < -0.39 is 97.5 Å². The minimum atomic E-state index is -4.96. The number of unbranched alkanes of at least 4 members (excludes halogenated alkanes) is 39. The molecule has 0 spiro atoms. The first-order valence-electron chi connectivity index (χ1n) is 37.0. The molecular weight excluding hydrogens is 1200 g/mol. The molecule has 0 aliphatic rings. The van der Waals surface area contributed by atoms with Gasteiger partial charge in [0, 0.05) is 25.7 Å². The van der Waals surface area contributed by atoms with Gasteiger partial charge in [-0.1, -0.05) is 296 Å². The average Bonchev–Trinajstić information content (AvgIpc) is 3.68. The molecule has 0 saturated heterocycles. The van der Waals surface area contributed by atoms with E-state index in [4.69, 9.17) is 37.0 Å². The van der Waals surface area contributed by atoms with Crippen LogP contribution in [0.3, 0.4) is 0 Å². The van der Waals surface area contributed by atoms with E-state index in [2.05, 4.69) is 58.9 Å². The fraction of sp³-hybridized carbons (Fsp3) is 0.889. The minimum absolute atomic E-state index is 0.101. The minimum Gasteiger partial charge on any atom is -0.462 e. The normalized spacial score (nSPS) is 14.2. The summed E-state index contributed by atoms with van der Waals surface area (Å²) in [6.45, 7) is 7.12. The molecule has 0 aromatic heterocycles. The highest BCUT2D eigenvalue weighted by atomic mass is 31.2. The van der Waals surface area contributed by atoms with Gasteiger partial charge in [-0.05, 0) is 57.3 Å². The van der Waals surface area contributed by atoms with Gasteiger partial charge in [-0.25, -0.2) is 9.13 Å².